The van der Waals surface area contributed by atoms with Gasteiger partial charge in [-0.05, 0) is 22.8 Å². The van der Waals surface area contributed by atoms with E-state index in [1.165, 1.54) is 16.3 Å². The first-order chi connectivity index (χ1) is 7.84. The third kappa shape index (κ3) is 1.47. The van der Waals surface area contributed by atoms with E-state index in [4.69, 9.17) is 5.73 Å². The zero-order valence-electron chi connectivity index (χ0n) is 9.06. The highest BCUT2D eigenvalue weighted by Gasteiger charge is 2.18. The molecule has 2 aromatic carbocycles. The largest absolute Gasteiger partial charge is 0.387 e. The van der Waals surface area contributed by atoms with Crippen LogP contribution in [0.5, 0.6) is 0 Å². The number of rotatable bonds is 1. The van der Waals surface area contributed by atoms with E-state index in [2.05, 4.69) is 47.5 Å². The summed E-state index contributed by atoms with van der Waals surface area (Å²) in [6.45, 7) is 0. The smallest absolute Gasteiger partial charge is 0.0945 e. The Hall–Kier alpha value is -1.83. The average Bonchev–Trinajstić information content (AvgIpc) is 2.75. The van der Waals surface area contributed by atoms with E-state index in [-0.39, 0.29) is 6.04 Å². The van der Waals surface area contributed by atoms with Crippen LogP contribution in [0.1, 0.15) is 24.4 Å². The second kappa shape index (κ2) is 3.63. The molecule has 0 aliphatic carbocycles. The second-order valence-corrected chi connectivity index (χ2v) is 4.24. The van der Waals surface area contributed by atoms with Crippen LogP contribution in [0.15, 0.2) is 47.5 Å². The Labute approximate surface area is 94.8 Å². The van der Waals surface area contributed by atoms with Crippen LogP contribution in [0.3, 0.4) is 0 Å². The van der Waals surface area contributed by atoms with Crippen LogP contribution in [-0.2, 0) is 0 Å². The maximum absolute atomic E-state index is 5.76. The van der Waals surface area contributed by atoms with Gasteiger partial charge in [-0.2, -0.15) is 0 Å². The Morgan fingerprint density at radius 3 is 2.69 bits per heavy atom. The van der Waals surface area contributed by atoms with E-state index in [0.717, 1.165) is 18.7 Å². The normalized spacial score (nSPS) is 20.0. The van der Waals surface area contributed by atoms with Crippen LogP contribution >= 0.6 is 0 Å². The molecule has 2 heteroatoms. The summed E-state index contributed by atoms with van der Waals surface area (Å²) in [6, 6.07) is 15.1. The second-order valence-electron chi connectivity index (χ2n) is 4.24. The third-order valence-electron chi connectivity index (χ3n) is 3.18. The van der Waals surface area contributed by atoms with Crippen molar-refractivity contribution in [3.8, 4) is 0 Å². The Morgan fingerprint density at radius 2 is 1.88 bits per heavy atom. The van der Waals surface area contributed by atoms with Gasteiger partial charge in [0.2, 0.25) is 0 Å². The standard InChI is InChI=1S/C14H14N2/c15-14-9-8-13(16-14)12-7-3-5-10-4-1-2-6-11(10)12/h1-7,13H,8-9H2,(H2,15,16). The van der Waals surface area contributed by atoms with Crippen LogP contribution in [0.25, 0.3) is 10.8 Å². The molecule has 16 heavy (non-hydrogen) atoms. The van der Waals surface area contributed by atoms with Crippen molar-refractivity contribution in [1.82, 2.24) is 0 Å². The lowest BCUT2D eigenvalue weighted by Gasteiger charge is -2.10. The summed E-state index contributed by atoms with van der Waals surface area (Å²) in [7, 11) is 0. The van der Waals surface area contributed by atoms with Crippen LogP contribution in [0.2, 0.25) is 0 Å². The fourth-order valence-electron chi connectivity index (χ4n) is 2.38. The molecular formula is C14H14N2. The topological polar surface area (TPSA) is 38.4 Å². The first kappa shape index (κ1) is 9.40. The number of amidine groups is 1. The molecule has 0 aromatic heterocycles. The maximum atomic E-state index is 5.76. The van der Waals surface area contributed by atoms with Gasteiger partial charge in [0.05, 0.1) is 11.9 Å². The highest BCUT2D eigenvalue weighted by Crippen LogP contribution is 2.32. The molecule has 80 valence electrons. The predicted octanol–water partition coefficient (Wildman–Crippen LogP) is 3.03. The SMILES string of the molecule is NC1=NC(c2cccc3ccccc23)CC1. The van der Waals surface area contributed by atoms with E-state index in [0.29, 0.717) is 0 Å². The molecule has 0 amide bonds. The molecule has 0 radical (unpaired) electrons. The van der Waals surface area contributed by atoms with Crippen molar-refractivity contribution in [2.24, 2.45) is 10.7 Å². The fourth-order valence-corrected chi connectivity index (χ4v) is 2.38. The van der Waals surface area contributed by atoms with Gasteiger partial charge in [-0.1, -0.05) is 42.5 Å². The third-order valence-corrected chi connectivity index (χ3v) is 3.18. The number of aliphatic imine (C=N–C) groups is 1. The minimum atomic E-state index is 0.256. The molecule has 1 aliphatic heterocycles. The molecule has 1 unspecified atom stereocenters. The fraction of sp³-hybridized carbons (Fsp3) is 0.214. The van der Waals surface area contributed by atoms with Crippen LogP contribution in [0.4, 0.5) is 0 Å². The van der Waals surface area contributed by atoms with Gasteiger partial charge in [0.15, 0.2) is 0 Å². The number of fused-ring (bicyclic) bond motifs is 1. The molecule has 2 nitrogen and oxygen atoms in total. The highest BCUT2D eigenvalue weighted by molar-refractivity contribution is 5.88. The number of hydrogen-bond donors (Lipinski definition) is 1. The molecule has 1 aliphatic rings. The monoisotopic (exact) mass is 210 g/mol. The zero-order chi connectivity index (χ0) is 11.0. The summed E-state index contributed by atoms with van der Waals surface area (Å²) < 4.78 is 0. The van der Waals surface area contributed by atoms with E-state index >= 15 is 0 Å². The predicted molar refractivity (Wildman–Crippen MR) is 67.5 cm³/mol. The number of benzene rings is 2. The number of nitrogens with two attached hydrogens (primary N) is 1. The maximum Gasteiger partial charge on any atom is 0.0945 e. The minimum absolute atomic E-state index is 0.256. The van der Waals surface area contributed by atoms with Crippen molar-refractivity contribution < 1.29 is 0 Å². The molecule has 2 N–H and O–H groups in total. The van der Waals surface area contributed by atoms with Gasteiger partial charge in [0.25, 0.3) is 0 Å². The zero-order valence-corrected chi connectivity index (χ0v) is 9.06. The lowest BCUT2D eigenvalue weighted by atomic mass is 9.98. The minimum Gasteiger partial charge on any atom is -0.387 e. The molecule has 2 aromatic rings. The molecule has 0 spiro atoms. The van der Waals surface area contributed by atoms with E-state index in [1.807, 2.05) is 0 Å². The van der Waals surface area contributed by atoms with Crippen molar-refractivity contribution in [2.75, 3.05) is 0 Å². The summed E-state index contributed by atoms with van der Waals surface area (Å²) >= 11 is 0. The lowest BCUT2D eigenvalue weighted by molar-refractivity contribution is 0.729. The van der Waals surface area contributed by atoms with Gasteiger partial charge >= 0.3 is 0 Å². The molecule has 0 bridgehead atoms. The van der Waals surface area contributed by atoms with Crippen molar-refractivity contribution in [1.29, 1.82) is 0 Å². The van der Waals surface area contributed by atoms with Crippen molar-refractivity contribution >= 4 is 16.6 Å². The van der Waals surface area contributed by atoms with Crippen LogP contribution in [-0.4, -0.2) is 5.84 Å². The number of hydrogen-bond acceptors (Lipinski definition) is 2. The van der Waals surface area contributed by atoms with Crippen molar-refractivity contribution in [2.45, 2.75) is 18.9 Å². The summed E-state index contributed by atoms with van der Waals surface area (Å²) in [5.74, 6) is 0.790. The summed E-state index contributed by atoms with van der Waals surface area (Å²) in [5.41, 5.74) is 7.06. The van der Waals surface area contributed by atoms with Crippen LogP contribution in [0, 0.1) is 0 Å². The van der Waals surface area contributed by atoms with Gasteiger partial charge in [-0.3, -0.25) is 4.99 Å². The van der Waals surface area contributed by atoms with E-state index in [9.17, 15) is 0 Å². The molecule has 1 atom stereocenters. The summed E-state index contributed by atoms with van der Waals surface area (Å²) in [5, 5.41) is 2.58. The molecule has 3 rings (SSSR count). The molecular weight excluding hydrogens is 196 g/mol. The molecule has 1 heterocycles. The Balaban J connectivity index is 2.17. The van der Waals surface area contributed by atoms with Crippen LogP contribution < -0.4 is 5.73 Å². The van der Waals surface area contributed by atoms with Gasteiger partial charge < -0.3 is 5.73 Å². The van der Waals surface area contributed by atoms with Gasteiger partial charge in [-0.15, -0.1) is 0 Å². The van der Waals surface area contributed by atoms with Crippen molar-refractivity contribution in [3.63, 3.8) is 0 Å². The Bertz CT molecular complexity index is 552. The Morgan fingerprint density at radius 1 is 1.06 bits per heavy atom. The van der Waals surface area contributed by atoms with E-state index < -0.39 is 0 Å². The summed E-state index contributed by atoms with van der Waals surface area (Å²) in [6.07, 6.45) is 1.97. The highest BCUT2D eigenvalue weighted by atomic mass is 14.9. The van der Waals surface area contributed by atoms with Crippen molar-refractivity contribution in [3.05, 3.63) is 48.0 Å². The molecule has 0 fully saturated rings. The first-order valence-electron chi connectivity index (χ1n) is 5.64. The quantitative estimate of drug-likeness (QED) is 0.772. The summed E-state index contributed by atoms with van der Waals surface area (Å²) in [4.78, 5) is 4.50. The van der Waals surface area contributed by atoms with E-state index in [1.54, 1.807) is 0 Å². The van der Waals surface area contributed by atoms with Gasteiger partial charge in [0.1, 0.15) is 0 Å². The number of nitrogens with zero attached hydrogens (tertiary/aromatic N) is 1. The first-order valence-corrected chi connectivity index (χ1v) is 5.64. The van der Waals surface area contributed by atoms with Gasteiger partial charge in [-0.25, -0.2) is 0 Å². The molecule has 0 saturated carbocycles. The molecule has 0 saturated heterocycles. The lowest BCUT2D eigenvalue weighted by Crippen LogP contribution is -2.05. The average molecular weight is 210 g/mol. The Kier molecular flexibility index (Phi) is 2.13. The van der Waals surface area contributed by atoms with Gasteiger partial charge in [0, 0.05) is 6.42 Å².